The van der Waals surface area contributed by atoms with E-state index in [9.17, 15) is 9.59 Å². The highest BCUT2D eigenvalue weighted by atomic mass is 35.5. The summed E-state index contributed by atoms with van der Waals surface area (Å²) in [5.41, 5.74) is 4.27. The molecular weight excluding hydrogens is 456 g/mol. The average molecular weight is 473 g/mol. The standard InChI is InChI=1S/C25H17ClN4O2S/c26-19-12-7-16(14-21(19)29-25(32)23-6-3-13-33-23)24(31)28-17-8-10-18(11-9-17)30-15-27-20-4-1-2-5-22(20)30/h1-15H,(H,28,31)(H,29,32). The zero-order chi connectivity index (χ0) is 22.8. The van der Waals surface area contributed by atoms with Crippen LogP contribution < -0.4 is 10.6 Å². The van der Waals surface area contributed by atoms with Gasteiger partial charge in [0, 0.05) is 16.9 Å². The second-order valence-corrected chi connectivity index (χ2v) is 8.59. The third kappa shape index (κ3) is 4.37. The number of nitrogens with one attached hydrogen (secondary N) is 2. The van der Waals surface area contributed by atoms with Crippen LogP contribution in [0.4, 0.5) is 11.4 Å². The van der Waals surface area contributed by atoms with Crippen LogP contribution in [0.5, 0.6) is 0 Å². The van der Waals surface area contributed by atoms with Gasteiger partial charge >= 0.3 is 0 Å². The van der Waals surface area contributed by atoms with Crippen molar-refractivity contribution in [3.8, 4) is 5.69 Å². The minimum absolute atomic E-state index is 0.271. The number of imidazole rings is 1. The number of rotatable bonds is 5. The molecule has 0 atom stereocenters. The average Bonchev–Trinajstić information content (AvgIpc) is 3.51. The monoisotopic (exact) mass is 472 g/mol. The highest BCUT2D eigenvalue weighted by Crippen LogP contribution is 2.25. The van der Waals surface area contributed by atoms with Crippen molar-refractivity contribution < 1.29 is 9.59 Å². The molecule has 2 aromatic heterocycles. The summed E-state index contributed by atoms with van der Waals surface area (Å²) in [5, 5.41) is 7.81. The Morgan fingerprint density at radius 1 is 0.879 bits per heavy atom. The lowest BCUT2D eigenvalue weighted by Gasteiger charge is -2.10. The number of amides is 2. The summed E-state index contributed by atoms with van der Waals surface area (Å²) in [6.07, 6.45) is 1.78. The largest absolute Gasteiger partial charge is 0.322 e. The first-order chi connectivity index (χ1) is 16.1. The summed E-state index contributed by atoms with van der Waals surface area (Å²) in [7, 11) is 0. The van der Waals surface area contributed by atoms with Gasteiger partial charge in [-0.05, 0) is 66.0 Å². The second-order valence-electron chi connectivity index (χ2n) is 7.23. The Labute approximate surface area is 198 Å². The molecule has 33 heavy (non-hydrogen) atoms. The Morgan fingerprint density at radius 2 is 1.70 bits per heavy atom. The first kappa shape index (κ1) is 20.9. The van der Waals surface area contributed by atoms with Crippen LogP contribution in [0.15, 0.2) is 90.6 Å². The SMILES string of the molecule is O=C(Nc1ccc(-n2cnc3ccccc32)cc1)c1ccc(Cl)c(NC(=O)c2cccs2)c1. The van der Waals surface area contributed by atoms with Crippen LogP contribution in [0.25, 0.3) is 16.7 Å². The molecule has 0 saturated carbocycles. The van der Waals surface area contributed by atoms with E-state index in [1.165, 1.54) is 11.3 Å². The summed E-state index contributed by atoms with van der Waals surface area (Å²) in [6.45, 7) is 0. The lowest BCUT2D eigenvalue weighted by Crippen LogP contribution is -2.14. The van der Waals surface area contributed by atoms with E-state index in [1.54, 1.807) is 36.7 Å². The van der Waals surface area contributed by atoms with Gasteiger partial charge in [-0.25, -0.2) is 4.98 Å². The molecule has 2 amide bonds. The Bertz CT molecular complexity index is 1460. The Hall–Kier alpha value is -3.94. The van der Waals surface area contributed by atoms with Gasteiger partial charge in [0.1, 0.15) is 6.33 Å². The van der Waals surface area contributed by atoms with Crippen molar-refractivity contribution in [3.63, 3.8) is 0 Å². The topological polar surface area (TPSA) is 76.0 Å². The van der Waals surface area contributed by atoms with E-state index in [-0.39, 0.29) is 11.8 Å². The molecule has 0 fully saturated rings. The highest BCUT2D eigenvalue weighted by Gasteiger charge is 2.13. The first-order valence-corrected chi connectivity index (χ1v) is 11.3. The van der Waals surface area contributed by atoms with Crippen molar-refractivity contribution in [2.24, 2.45) is 0 Å². The lowest BCUT2D eigenvalue weighted by atomic mass is 10.1. The smallest absolute Gasteiger partial charge is 0.265 e. The summed E-state index contributed by atoms with van der Waals surface area (Å²) in [4.78, 5) is 30.1. The molecule has 0 unspecified atom stereocenters. The summed E-state index contributed by atoms with van der Waals surface area (Å²) < 4.78 is 1.99. The molecule has 0 bridgehead atoms. The number of carbonyl (C=O) groups excluding carboxylic acids is 2. The molecule has 6 nitrogen and oxygen atoms in total. The maximum absolute atomic E-state index is 12.8. The van der Waals surface area contributed by atoms with E-state index in [2.05, 4.69) is 15.6 Å². The van der Waals surface area contributed by atoms with Crippen molar-refractivity contribution in [1.82, 2.24) is 9.55 Å². The maximum Gasteiger partial charge on any atom is 0.265 e. The number of carbonyl (C=O) groups is 2. The van der Waals surface area contributed by atoms with Gasteiger partial charge in [0.2, 0.25) is 0 Å². The number of fused-ring (bicyclic) bond motifs is 1. The number of halogens is 1. The number of thiophene rings is 1. The fourth-order valence-corrected chi connectivity index (χ4v) is 4.21. The molecule has 2 N–H and O–H groups in total. The Morgan fingerprint density at radius 3 is 2.48 bits per heavy atom. The van der Waals surface area contributed by atoms with Gasteiger partial charge in [0.05, 0.1) is 26.6 Å². The zero-order valence-electron chi connectivity index (χ0n) is 17.2. The quantitative estimate of drug-likeness (QED) is 0.317. The van der Waals surface area contributed by atoms with Gasteiger partial charge in [-0.2, -0.15) is 0 Å². The van der Waals surface area contributed by atoms with Gasteiger partial charge in [-0.1, -0.05) is 29.8 Å². The Kier molecular flexibility index (Phi) is 5.64. The van der Waals surface area contributed by atoms with Crippen molar-refractivity contribution in [2.45, 2.75) is 0 Å². The molecule has 2 heterocycles. The molecule has 162 valence electrons. The molecule has 3 aromatic carbocycles. The summed E-state index contributed by atoms with van der Waals surface area (Å²) in [5.74, 6) is -0.578. The van der Waals surface area contributed by atoms with E-state index >= 15 is 0 Å². The van der Waals surface area contributed by atoms with E-state index in [0.29, 0.717) is 26.8 Å². The molecule has 0 aliphatic rings. The zero-order valence-corrected chi connectivity index (χ0v) is 18.7. The van der Waals surface area contributed by atoms with Crippen LogP contribution in [0.2, 0.25) is 5.02 Å². The molecular formula is C25H17ClN4O2S. The van der Waals surface area contributed by atoms with Gasteiger partial charge in [-0.15, -0.1) is 11.3 Å². The normalized spacial score (nSPS) is 10.8. The number of hydrogen-bond acceptors (Lipinski definition) is 4. The summed E-state index contributed by atoms with van der Waals surface area (Å²) >= 11 is 7.55. The number of para-hydroxylation sites is 2. The minimum Gasteiger partial charge on any atom is -0.322 e. The van der Waals surface area contributed by atoms with Crippen LogP contribution in [0.1, 0.15) is 20.0 Å². The summed E-state index contributed by atoms with van der Waals surface area (Å²) in [6, 6.07) is 23.7. The van der Waals surface area contributed by atoms with Crippen molar-refractivity contribution in [2.75, 3.05) is 10.6 Å². The highest BCUT2D eigenvalue weighted by molar-refractivity contribution is 7.12. The first-order valence-electron chi connectivity index (χ1n) is 10.1. The molecule has 5 aromatic rings. The van der Waals surface area contributed by atoms with E-state index < -0.39 is 0 Å². The molecule has 0 aliphatic carbocycles. The van der Waals surface area contributed by atoms with E-state index in [4.69, 9.17) is 11.6 Å². The van der Waals surface area contributed by atoms with Crippen molar-refractivity contribution in [1.29, 1.82) is 0 Å². The van der Waals surface area contributed by atoms with Crippen LogP contribution in [0.3, 0.4) is 0 Å². The molecule has 0 radical (unpaired) electrons. The third-order valence-corrected chi connectivity index (χ3v) is 6.28. The van der Waals surface area contributed by atoms with Crippen molar-refractivity contribution >= 4 is 57.2 Å². The predicted molar refractivity (Wildman–Crippen MR) is 133 cm³/mol. The number of anilines is 2. The van der Waals surface area contributed by atoms with Gasteiger partial charge in [-0.3, -0.25) is 14.2 Å². The molecule has 0 spiro atoms. The van der Waals surface area contributed by atoms with Gasteiger partial charge < -0.3 is 10.6 Å². The maximum atomic E-state index is 12.8. The molecule has 5 rings (SSSR count). The number of nitrogens with zero attached hydrogens (tertiary/aromatic N) is 2. The fourth-order valence-electron chi connectivity index (χ4n) is 3.43. The van der Waals surface area contributed by atoms with Crippen molar-refractivity contribution in [3.05, 3.63) is 106 Å². The number of benzene rings is 3. The van der Waals surface area contributed by atoms with Gasteiger partial charge in [0.25, 0.3) is 11.8 Å². The van der Waals surface area contributed by atoms with Gasteiger partial charge in [0.15, 0.2) is 0 Å². The van der Waals surface area contributed by atoms with Crippen LogP contribution in [-0.2, 0) is 0 Å². The van der Waals surface area contributed by atoms with Crippen LogP contribution >= 0.6 is 22.9 Å². The predicted octanol–water partition coefficient (Wildman–Crippen LogP) is 6.25. The fraction of sp³-hybridized carbons (Fsp3) is 0. The molecule has 8 heteroatoms. The van der Waals surface area contributed by atoms with Crippen LogP contribution in [0, 0.1) is 0 Å². The van der Waals surface area contributed by atoms with Crippen LogP contribution in [-0.4, -0.2) is 21.4 Å². The van der Waals surface area contributed by atoms with E-state index in [1.807, 2.05) is 58.5 Å². The Balaban J connectivity index is 1.32. The molecule has 0 saturated heterocycles. The molecule has 0 aliphatic heterocycles. The van der Waals surface area contributed by atoms with E-state index in [0.717, 1.165) is 16.7 Å². The lowest BCUT2D eigenvalue weighted by molar-refractivity contribution is 0.101. The minimum atomic E-state index is -0.306. The third-order valence-electron chi connectivity index (χ3n) is 5.08. The number of aromatic nitrogens is 2. The number of hydrogen-bond donors (Lipinski definition) is 2. The second kappa shape index (κ2) is 8.90.